The maximum atomic E-state index is 2.46. The largest absolute Gasteiger partial charge is 0.309 e. The molecule has 12 rings (SSSR count). The Labute approximate surface area is 385 Å². The van der Waals surface area contributed by atoms with Gasteiger partial charge in [0.15, 0.2) is 0 Å². The molecule has 0 bridgehead atoms. The van der Waals surface area contributed by atoms with Crippen LogP contribution in [0.2, 0.25) is 0 Å². The molecular formula is C63H47NS. The van der Waals surface area contributed by atoms with Crippen molar-refractivity contribution < 1.29 is 0 Å². The van der Waals surface area contributed by atoms with E-state index in [-0.39, 0.29) is 0 Å². The average Bonchev–Trinajstić information content (AvgIpc) is 3.73. The summed E-state index contributed by atoms with van der Waals surface area (Å²) in [5, 5.41) is 10.4. The predicted molar refractivity (Wildman–Crippen MR) is 283 cm³/mol. The maximum Gasteiger partial charge on any atom is 0.0540 e. The van der Waals surface area contributed by atoms with Crippen LogP contribution < -0.4 is 4.90 Å². The van der Waals surface area contributed by atoms with E-state index in [0.29, 0.717) is 0 Å². The van der Waals surface area contributed by atoms with Crippen molar-refractivity contribution in [2.75, 3.05) is 4.90 Å². The molecule has 65 heavy (non-hydrogen) atoms. The van der Waals surface area contributed by atoms with E-state index in [9.17, 15) is 0 Å². The zero-order valence-corrected chi connectivity index (χ0v) is 37.6. The second-order valence-electron chi connectivity index (χ2n) is 17.0. The van der Waals surface area contributed by atoms with E-state index in [4.69, 9.17) is 0 Å². The van der Waals surface area contributed by atoms with Crippen molar-refractivity contribution in [3.8, 4) is 33.4 Å². The van der Waals surface area contributed by atoms with Crippen LogP contribution in [0.1, 0.15) is 16.7 Å². The molecule has 310 valence electrons. The third-order valence-corrected chi connectivity index (χ3v) is 14.0. The molecule has 2 heteroatoms. The lowest BCUT2D eigenvalue weighted by molar-refractivity contribution is 1.31. The van der Waals surface area contributed by atoms with E-state index in [1.165, 1.54) is 103 Å². The lowest BCUT2D eigenvalue weighted by Crippen LogP contribution is -2.12. The van der Waals surface area contributed by atoms with Gasteiger partial charge in [0, 0.05) is 36.5 Å². The summed E-state index contributed by atoms with van der Waals surface area (Å²) in [5.74, 6) is 0. The topological polar surface area (TPSA) is 3.24 Å². The Morgan fingerprint density at radius 3 is 1.49 bits per heavy atom. The van der Waals surface area contributed by atoms with E-state index in [2.05, 4.69) is 256 Å². The molecule has 0 amide bonds. The molecule has 11 aromatic carbocycles. The van der Waals surface area contributed by atoms with Crippen LogP contribution in [0.25, 0.3) is 85.9 Å². The average molecular weight is 850 g/mol. The summed E-state index contributed by atoms with van der Waals surface area (Å²) in [7, 11) is 0. The molecule has 1 heterocycles. The fraction of sp³-hybridized carbons (Fsp3) is 0.0476. The summed E-state index contributed by atoms with van der Waals surface area (Å²) in [6.07, 6.45) is 0. The Morgan fingerprint density at radius 1 is 0.308 bits per heavy atom. The fourth-order valence-corrected chi connectivity index (χ4v) is 10.8. The van der Waals surface area contributed by atoms with Gasteiger partial charge in [0.1, 0.15) is 0 Å². The number of aryl methyl sites for hydroxylation is 3. The van der Waals surface area contributed by atoms with Gasteiger partial charge in [0.05, 0.1) is 17.1 Å². The Kier molecular flexibility index (Phi) is 10.5. The van der Waals surface area contributed by atoms with E-state index in [0.717, 1.165) is 17.1 Å². The zero-order chi connectivity index (χ0) is 43.9. The van der Waals surface area contributed by atoms with Gasteiger partial charge in [-0.15, -0.1) is 11.3 Å². The molecule has 0 radical (unpaired) electrons. The third-order valence-electron chi connectivity index (χ3n) is 12.9. The zero-order valence-electron chi connectivity index (χ0n) is 36.8. The fourth-order valence-electron chi connectivity index (χ4n) is 9.73. The van der Waals surface area contributed by atoms with E-state index >= 15 is 0 Å². The molecule has 0 aliphatic carbocycles. The summed E-state index contributed by atoms with van der Waals surface area (Å²) in [6, 6.07) is 83.7. The van der Waals surface area contributed by atoms with Gasteiger partial charge in [-0.05, 0) is 118 Å². The van der Waals surface area contributed by atoms with Crippen LogP contribution in [0.4, 0.5) is 17.1 Å². The Balaban J connectivity index is 0.000000215. The van der Waals surface area contributed by atoms with Crippen LogP contribution in [0, 0.1) is 20.8 Å². The van der Waals surface area contributed by atoms with Gasteiger partial charge >= 0.3 is 0 Å². The summed E-state index contributed by atoms with van der Waals surface area (Å²) < 4.78 is 2.77. The number of benzene rings is 11. The maximum absolute atomic E-state index is 2.46. The van der Waals surface area contributed by atoms with Crippen molar-refractivity contribution in [3.63, 3.8) is 0 Å². The molecule has 0 N–H and O–H groups in total. The van der Waals surface area contributed by atoms with Gasteiger partial charge in [0.25, 0.3) is 0 Å². The summed E-state index contributed by atoms with van der Waals surface area (Å²) in [4.78, 5) is 2.46. The standard InChI is InChI=1S/C46H35N.C17H12S/c1-32-15-3-6-20-37(32)38-30-29-36(31-33(38)2)39-21-9-10-24-42(39)43-25-11-12-26-46(43)47(44-27-13-18-34-16-4-7-22-40(34)44)45-28-14-19-35-17-5-8-23-41(35)45;1-11-6-8-15-14(10-11)17-13-5-3-2-4-12(13)7-9-16(17)18-15/h3-31H,1-2H3;2-10H,1H3. The SMILES string of the molecule is Cc1ccc2sc3ccc4ccccc4c3c2c1.Cc1ccccc1-c1ccc(-c2ccccc2-c2ccccc2N(c2cccc3ccccc23)c2cccc3ccccc23)cc1C. The molecule has 0 saturated heterocycles. The van der Waals surface area contributed by atoms with Crippen LogP contribution in [0.15, 0.2) is 231 Å². The van der Waals surface area contributed by atoms with Gasteiger partial charge in [-0.3, -0.25) is 0 Å². The van der Waals surface area contributed by atoms with E-state index in [1.807, 2.05) is 11.3 Å². The summed E-state index contributed by atoms with van der Waals surface area (Å²) in [5.41, 5.74) is 14.7. The first-order valence-corrected chi connectivity index (χ1v) is 23.2. The monoisotopic (exact) mass is 849 g/mol. The van der Waals surface area contributed by atoms with Crippen molar-refractivity contribution >= 4 is 80.9 Å². The van der Waals surface area contributed by atoms with Crippen LogP contribution >= 0.6 is 11.3 Å². The number of hydrogen-bond acceptors (Lipinski definition) is 2. The normalized spacial score (nSPS) is 11.3. The predicted octanol–water partition coefficient (Wildman–Crippen LogP) is 18.6. The van der Waals surface area contributed by atoms with Gasteiger partial charge in [-0.25, -0.2) is 0 Å². The number of rotatable bonds is 6. The molecule has 1 nitrogen and oxygen atoms in total. The van der Waals surface area contributed by atoms with Crippen LogP contribution in [-0.2, 0) is 0 Å². The lowest BCUT2D eigenvalue weighted by atomic mass is 9.89. The first-order valence-electron chi connectivity index (χ1n) is 22.4. The minimum atomic E-state index is 1.14. The minimum Gasteiger partial charge on any atom is -0.309 e. The second-order valence-corrected chi connectivity index (χ2v) is 18.1. The lowest BCUT2D eigenvalue weighted by Gasteiger charge is -2.30. The number of fused-ring (bicyclic) bond motifs is 7. The molecule has 1 aromatic heterocycles. The third kappa shape index (κ3) is 7.42. The van der Waals surface area contributed by atoms with Crippen LogP contribution in [0.3, 0.4) is 0 Å². The van der Waals surface area contributed by atoms with E-state index < -0.39 is 0 Å². The molecular weight excluding hydrogens is 803 g/mol. The smallest absolute Gasteiger partial charge is 0.0540 e. The Morgan fingerprint density at radius 2 is 0.815 bits per heavy atom. The number of anilines is 3. The number of para-hydroxylation sites is 1. The van der Waals surface area contributed by atoms with E-state index in [1.54, 1.807) is 0 Å². The highest BCUT2D eigenvalue weighted by Gasteiger charge is 2.22. The van der Waals surface area contributed by atoms with Crippen molar-refractivity contribution in [2.45, 2.75) is 20.8 Å². The second kappa shape index (κ2) is 17.1. The molecule has 0 spiro atoms. The van der Waals surface area contributed by atoms with Crippen molar-refractivity contribution in [1.82, 2.24) is 0 Å². The van der Waals surface area contributed by atoms with Gasteiger partial charge in [-0.2, -0.15) is 0 Å². The molecule has 0 aliphatic rings. The Bertz CT molecular complexity index is 3630. The molecule has 0 atom stereocenters. The molecule has 0 saturated carbocycles. The minimum absolute atomic E-state index is 1.14. The quantitative estimate of drug-likeness (QED) is 0.161. The van der Waals surface area contributed by atoms with Gasteiger partial charge in [-0.1, -0.05) is 200 Å². The molecule has 12 aromatic rings. The first-order chi connectivity index (χ1) is 32.0. The number of nitrogens with zero attached hydrogens (tertiary/aromatic N) is 1. The molecule has 0 fully saturated rings. The van der Waals surface area contributed by atoms with Crippen molar-refractivity contribution in [2.24, 2.45) is 0 Å². The van der Waals surface area contributed by atoms with Gasteiger partial charge in [0.2, 0.25) is 0 Å². The highest BCUT2D eigenvalue weighted by molar-refractivity contribution is 7.26. The van der Waals surface area contributed by atoms with Crippen LogP contribution in [-0.4, -0.2) is 0 Å². The molecule has 0 aliphatic heterocycles. The number of hydrogen-bond donors (Lipinski definition) is 0. The van der Waals surface area contributed by atoms with Crippen molar-refractivity contribution in [1.29, 1.82) is 0 Å². The Hall–Kier alpha value is -7.78. The van der Waals surface area contributed by atoms with Gasteiger partial charge < -0.3 is 4.90 Å². The summed E-state index contributed by atoms with van der Waals surface area (Å²) in [6.45, 7) is 6.57. The first kappa shape index (κ1) is 40.0. The van der Waals surface area contributed by atoms with Crippen molar-refractivity contribution in [3.05, 3.63) is 247 Å². The highest BCUT2D eigenvalue weighted by atomic mass is 32.1. The highest BCUT2D eigenvalue weighted by Crippen LogP contribution is 2.47. The summed E-state index contributed by atoms with van der Waals surface area (Å²) >= 11 is 1.89. The van der Waals surface area contributed by atoms with Crippen LogP contribution in [0.5, 0.6) is 0 Å². The number of thiophene rings is 1. The molecule has 0 unspecified atom stereocenters.